The summed E-state index contributed by atoms with van der Waals surface area (Å²) in [5.41, 5.74) is 7.18. The summed E-state index contributed by atoms with van der Waals surface area (Å²) < 4.78 is 0. The fraction of sp³-hybridized carbons (Fsp3) is 0. The fourth-order valence-corrected chi connectivity index (χ4v) is 1.99. The molecule has 6 heteroatoms. The van der Waals surface area contributed by atoms with Gasteiger partial charge in [-0.25, -0.2) is 4.98 Å². The van der Waals surface area contributed by atoms with Crippen LogP contribution in [-0.2, 0) is 0 Å². The number of nitrogens with two attached hydrogens (primary N) is 1. The van der Waals surface area contributed by atoms with Crippen molar-refractivity contribution < 1.29 is 0 Å². The zero-order valence-corrected chi connectivity index (χ0v) is 9.64. The summed E-state index contributed by atoms with van der Waals surface area (Å²) in [5.74, 6) is 0.180. The topological polar surface area (TPSA) is 67.6 Å². The van der Waals surface area contributed by atoms with E-state index in [-0.39, 0.29) is 18.4 Å². The monoisotopic (exact) mass is 254 g/mol. The standard InChI is InChI=1S/C10H7ClN4.ClH/c11-8-7-5-3-1-2-4-6(5)13-9(7)15-10(12)14-8;/h1-4H,(H3,12,13,14,15);1H. The minimum Gasteiger partial charge on any atom is -0.368 e. The van der Waals surface area contributed by atoms with Crippen LogP contribution in [-0.4, -0.2) is 15.0 Å². The van der Waals surface area contributed by atoms with Crippen LogP contribution in [0, 0.1) is 0 Å². The Morgan fingerprint density at radius 3 is 2.75 bits per heavy atom. The van der Waals surface area contributed by atoms with Gasteiger partial charge < -0.3 is 10.7 Å². The Kier molecular flexibility index (Phi) is 2.61. The van der Waals surface area contributed by atoms with Crippen LogP contribution in [0.4, 0.5) is 5.95 Å². The van der Waals surface area contributed by atoms with Gasteiger partial charge in [-0.3, -0.25) is 0 Å². The first kappa shape index (κ1) is 11.0. The lowest BCUT2D eigenvalue weighted by atomic mass is 10.2. The van der Waals surface area contributed by atoms with Crippen molar-refractivity contribution >= 4 is 51.9 Å². The van der Waals surface area contributed by atoms with E-state index in [1.165, 1.54) is 0 Å². The second kappa shape index (κ2) is 3.81. The van der Waals surface area contributed by atoms with Crippen molar-refractivity contribution in [2.24, 2.45) is 0 Å². The summed E-state index contributed by atoms with van der Waals surface area (Å²) >= 11 is 6.03. The van der Waals surface area contributed by atoms with Gasteiger partial charge >= 0.3 is 0 Å². The average Bonchev–Trinajstić information content (AvgIpc) is 2.54. The van der Waals surface area contributed by atoms with Gasteiger partial charge in [0.05, 0.1) is 5.39 Å². The highest BCUT2D eigenvalue weighted by molar-refractivity contribution is 6.36. The molecule has 0 saturated carbocycles. The molecule has 0 aliphatic carbocycles. The number of para-hydroxylation sites is 1. The highest BCUT2D eigenvalue weighted by atomic mass is 35.5. The predicted octanol–water partition coefficient (Wildman–Crippen LogP) is 2.77. The minimum absolute atomic E-state index is 0. The molecule has 82 valence electrons. The summed E-state index contributed by atoms with van der Waals surface area (Å²) in [4.78, 5) is 11.2. The van der Waals surface area contributed by atoms with Crippen molar-refractivity contribution in [1.82, 2.24) is 15.0 Å². The Hall–Kier alpha value is -1.52. The Balaban J connectivity index is 0.000000963. The molecule has 0 atom stereocenters. The van der Waals surface area contributed by atoms with Crippen molar-refractivity contribution in [3.63, 3.8) is 0 Å². The van der Waals surface area contributed by atoms with Crippen LogP contribution < -0.4 is 5.73 Å². The molecule has 0 saturated heterocycles. The van der Waals surface area contributed by atoms with E-state index in [1.807, 2.05) is 24.3 Å². The maximum absolute atomic E-state index is 6.03. The molecule has 2 heterocycles. The zero-order chi connectivity index (χ0) is 10.4. The summed E-state index contributed by atoms with van der Waals surface area (Å²) in [5, 5.41) is 2.22. The number of fused-ring (bicyclic) bond motifs is 3. The van der Waals surface area contributed by atoms with Crippen molar-refractivity contribution in [2.75, 3.05) is 5.73 Å². The number of rotatable bonds is 0. The zero-order valence-electron chi connectivity index (χ0n) is 8.07. The molecular weight excluding hydrogens is 247 g/mol. The van der Waals surface area contributed by atoms with Gasteiger partial charge in [0.1, 0.15) is 10.8 Å². The molecule has 4 nitrogen and oxygen atoms in total. The number of H-pyrrole nitrogens is 1. The van der Waals surface area contributed by atoms with Crippen LogP contribution in [0.2, 0.25) is 5.15 Å². The molecule has 0 radical (unpaired) electrons. The summed E-state index contributed by atoms with van der Waals surface area (Å²) in [6, 6.07) is 7.83. The molecule has 0 fully saturated rings. The molecule has 3 aromatic rings. The lowest BCUT2D eigenvalue weighted by molar-refractivity contribution is 1.22. The van der Waals surface area contributed by atoms with Crippen LogP contribution in [0.5, 0.6) is 0 Å². The Bertz CT molecular complexity index is 662. The van der Waals surface area contributed by atoms with Crippen LogP contribution in [0.1, 0.15) is 0 Å². The molecule has 0 aliphatic heterocycles. The van der Waals surface area contributed by atoms with E-state index in [0.717, 1.165) is 16.3 Å². The van der Waals surface area contributed by atoms with Gasteiger partial charge in [0.25, 0.3) is 0 Å². The molecule has 2 aromatic heterocycles. The lowest BCUT2D eigenvalue weighted by Crippen LogP contribution is -1.94. The average molecular weight is 255 g/mol. The molecular formula is C10H8Cl2N4. The third-order valence-electron chi connectivity index (χ3n) is 2.33. The highest BCUT2D eigenvalue weighted by Crippen LogP contribution is 2.29. The third-order valence-corrected chi connectivity index (χ3v) is 2.61. The van der Waals surface area contributed by atoms with E-state index >= 15 is 0 Å². The maximum Gasteiger partial charge on any atom is 0.223 e. The number of aromatic amines is 1. The SMILES string of the molecule is Cl.Nc1nc(Cl)c2c(n1)[nH]c1ccccc12. The van der Waals surface area contributed by atoms with E-state index in [2.05, 4.69) is 15.0 Å². The normalized spacial score (nSPS) is 10.6. The van der Waals surface area contributed by atoms with Crippen LogP contribution >= 0.6 is 24.0 Å². The van der Waals surface area contributed by atoms with Crippen LogP contribution in [0.3, 0.4) is 0 Å². The van der Waals surface area contributed by atoms with E-state index < -0.39 is 0 Å². The maximum atomic E-state index is 6.03. The predicted molar refractivity (Wildman–Crippen MR) is 68.1 cm³/mol. The van der Waals surface area contributed by atoms with Crippen molar-refractivity contribution in [2.45, 2.75) is 0 Å². The number of benzene rings is 1. The number of hydrogen-bond donors (Lipinski definition) is 2. The first-order valence-corrected chi connectivity index (χ1v) is 4.83. The van der Waals surface area contributed by atoms with E-state index in [9.17, 15) is 0 Å². The number of nitrogens with zero attached hydrogens (tertiary/aromatic N) is 2. The molecule has 0 bridgehead atoms. The third kappa shape index (κ3) is 1.47. The van der Waals surface area contributed by atoms with E-state index in [1.54, 1.807) is 0 Å². The smallest absolute Gasteiger partial charge is 0.223 e. The first-order valence-electron chi connectivity index (χ1n) is 4.45. The van der Waals surface area contributed by atoms with Gasteiger partial charge in [-0.2, -0.15) is 4.98 Å². The molecule has 0 aliphatic rings. The minimum atomic E-state index is 0. The molecule has 0 amide bonds. The first-order chi connectivity index (χ1) is 7.25. The summed E-state index contributed by atoms with van der Waals surface area (Å²) in [6.07, 6.45) is 0. The van der Waals surface area contributed by atoms with Crippen molar-refractivity contribution in [1.29, 1.82) is 0 Å². The number of aromatic nitrogens is 3. The van der Waals surface area contributed by atoms with Gasteiger partial charge in [0, 0.05) is 10.9 Å². The largest absolute Gasteiger partial charge is 0.368 e. The quantitative estimate of drug-likeness (QED) is 0.607. The summed E-state index contributed by atoms with van der Waals surface area (Å²) in [7, 11) is 0. The van der Waals surface area contributed by atoms with Gasteiger partial charge in [0.2, 0.25) is 5.95 Å². The Labute approximate surface area is 102 Å². The molecule has 3 rings (SSSR count). The Morgan fingerprint density at radius 2 is 1.94 bits per heavy atom. The molecule has 3 N–H and O–H groups in total. The van der Waals surface area contributed by atoms with Gasteiger partial charge in [-0.1, -0.05) is 29.8 Å². The lowest BCUT2D eigenvalue weighted by Gasteiger charge is -1.95. The van der Waals surface area contributed by atoms with Crippen LogP contribution in [0.25, 0.3) is 21.9 Å². The fourth-order valence-electron chi connectivity index (χ4n) is 1.72. The van der Waals surface area contributed by atoms with Crippen LogP contribution in [0.15, 0.2) is 24.3 Å². The van der Waals surface area contributed by atoms with E-state index in [0.29, 0.717) is 10.8 Å². The highest BCUT2D eigenvalue weighted by Gasteiger charge is 2.10. The number of hydrogen-bond acceptors (Lipinski definition) is 3. The number of halogens is 2. The van der Waals surface area contributed by atoms with Gasteiger partial charge in [0.15, 0.2) is 0 Å². The van der Waals surface area contributed by atoms with Crippen molar-refractivity contribution in [3.05, 3.63) is 29.4 Å². The number of nitrogens with one attached hydrogen (secondary N) is 1. The van der Waals surface area contributed by atoms with E-state index in [4.69, 9.17) is 17.3 Å². The molecule has 1 aromatic carbocycles. The Morgan fingerprint density at radius 1 is 1.19 bits per heavy atom. The van der Waals surface area contributed by atoms with Gasteiger partial charge in [-0.05, 0) is 6.07 Å². The molecule has 0 spiro atoms. The second-order valence-electron chi connectivity index (χ2n) is 3.27. The molecule has 0 unspecified atom stereocenters. The summed E-state index contributed by atoms with van der Waals surface area (Å²) in [6.45, 7) is 0. The number of anilines is 1. The van der Waals surface area contributed by atoms with Gasteiger partial charge in [-0.15, -0.1) is 12.4 Å². The number of nitrogen functional groups attached to an aromatic ring is 1. The van der Waals surface area contributed by atoms with Crippen molar-refractivity contribution in [3.8, 4) is 0 Å². The second-order valence-corrected chi connectivity index (χ2v) is 3.62. The molecule has 16 heavy (non-hydrogen) atoms.